The first-order valence-electron chi connectivity index (χ1n) is 8.72. The van der Waals surface area contributed by atoms with Gasteiger partial charge in [-0.3, -0.25) is 9.59 Å². The molecule has 0 radical (unpaired) electrons. The summed E-state index contributed by atoms with van der Waals surface area (Å²) >= 11 is 0. The Bertz CT molecular complexity index is 829. The van der Waals surface area contributed by atoms with E-state index in [1.54, 1.807) is 14.0 Å². The fraction of sp³-hybridized carbons (Fsp3) is 0.588. The molecule has 4 heterocycles. The van der Waals surface area contributed by atoms with Crippen LogP contribution in [-0.2, 0) is 19.1 Å². The molecule has 0 spiro atoms. The van der Waals surface area contributed by atoms with Gasteiger partial charge in [0.2, 0.25) is 11.6 Å². The van der Waals surface area contributed by atoms with E-state index >= 15 is 0 Å². The van der Waals surface area contributed by atoms with Gasteiger partial charge in [0, 0.05) is 43.9 Å². The van der Waals surface area contributed by atoms with E-state index < -0.39 is 17.7 Å². The Morgan fingerprint density at radius 2 is 2.04 bits per heavy atom. The number of ketones is 2. The normalized spacial score (nSPS) is 37.1. The van der Waals surface area contributed by atoms with Crippen molar-refractivity contribution in [1.82, 2.24) is 15.1 Å². The second-order valence-corrected chi connectivity index (χ2v) is 7.38. The third-order valence-corrected chi connectivity index (χ3v) is 6.16. The van der Waals surface area contributed by atoms with Gasteiger partial charge in [-0.1, -0.05) is 0 Å². The lowest BCUT2D eigenvalue weighted by Crippen LogP contribution is -2.55. The molecule has 0 aromatic rings. The summed E-state index contributed by atoms with van der Waals surface area (Å²) < 4.78 is 11.0. The van der Waals surface area contributed by atoms with Crippen LogP contribution in [0.4, 0.5) is 4.79 Å². The summed E-state index contributed by atoms with van der Waals surface area (Å²) in [5.74, 6) is -0.888. The van der Waals surface area contributed by atoms with Crippen LogP contribution in [0.1, 0.15) is 6.92 Å². The molecule has 3 fully saturated rings. The average molecular weight is 360 g/mol. The number of allylic oxidation sites excluding steroid dienone is 2. The molecule has 26 heavy (non-hydrogen) atoms. The van der Waals surface area contributed by atoms with Gasteiger partial charge in [0.25, 0.3) is 0 Å². The van der Waals surface area contributed by atoms with E-state index in [1.807, 2.05) is 9.80 Å². The predicted octanol–water partition coefficient (Wildman–Crippen LogP) is -1.29. The van der Waals surface area contributed by atoms with Gasteiger partial charge in [0.1, 0.15) is 6.61 Å². The Balaban J connectivity index is 1.63. The van der Waals surface area contributed by atoms with E-state index in [0.29, 0.717) is 29.1 Å². The minimum Gasteiger partial charge on any atom is -0.449 e. The molecule has 0 bridgehead atoms. The van der Waals surface area contributed by atoms with Crippen LogP contribution in [0.3, 0.4) is 0 Å². The van der Waals surface area contributed by atoms with Gasteiger partial charge >= 0.3 is 6.09 Å². The van der Waals surface area contributed by atoms with E-state index in [2.05, 4.69) is 5.32 Å². The number of fused-ring (bicyclic) bond motifs is 4. The van der Waals surface area contributed by atoms with Crippen LogP contribution < -0.4 is 11.1 Å². The van der Waals surface area contributed by atoms with Crippen molar-refractivity contribution < 1.29 is 23.9 Å². The van der Waals surface area contributed by atoms with Crippen LogP contribution in [0.15, 0.2) is 22.5 Å². The lowest BCUT2D eigenvalue weighted by Gasteiger charge is -2.39. The standard InChI is InChI=1S/C17H20N4O5/c1-7-11(20-3-4-20)14(23)10-8(6-26-16(18)24)17(25-2)15-9(19-15)5-21(17)12(10)13(7)22/h8-9,15,19H,3-6H2,1-2H3,(H2,18,24)/t8-,9+,15+,17-/m1/s1. The molecule has 4 aliphatic heterocycles. The van der Waals surface area contributed by atoms with Crippen LogP contribution in [0.5, 0.6) is 0 Å². The fourth-order valence-electron chi connectivity index (χ4n) is 4.93. The number of nitrogens with zero attached hydrogens (tertiary/aromatic N) is 2. The van der Waals surface area contributed by atoms with Gasteiger partial charge in [0.05, 0.1) is 23.4 Å². The molecule has 0 aromatic heterocycles. The molecule has 5 aliphatic rings. The quantitative estimate of drug-likeness (QED) is 0.469. The summed E-state index contributed by atoms with van der Waals surface area (Å²) in [5, 5.41) is 3.33. The molecular weight excluding hydrogens is 340 g/mol. The van der Waals surface area contributed by atoms with E-state index in [0.717, 1.165) is 13.1 Å². The van der Waals surface area contributed by atoms with Crippen molar-refractivity contribution in [2.24, 2.45) is 11.7 Å². The second kappa shape index (κ2) is 4.86. The van der Waals surface area contributed by atoms with Crippen molar-refractivity contribution in [3.63, 3.8) is 0 Å². The molecule has 4 atom stereocenters. The van der Waals surface area contributed by atoms with Crippen molar-refractivity contribution in [3.05, 3.63) is 22.5 Å². The van der Waals surface area contributed by atoms with Crippen molar-refractivity contribution in [2.75, 3.05) is 33.4 Å². The number of carbonyl (C=O) groups excluding carboxylic acids is 3. The van der Waals surface area contributed by atoms with Crippen LogP contribution in [-0.4, -0.2) is 78.6 Å². The highest BCUT2D eigenvalue weighted by atomic mass is 16.6. The van der Waals surface area contributed by atoms with Crippen LogP contribution in [0, 0.1) is 5.92 Å². The smallest absolute Gasteiger partial charge is 0.404 e. The zero-order valence-electron chi connectivity index (χ0n) is 14.6. The molecule has 5 rings (SSSR count). The molecule has 0 aromatic carbocycles. The third-order valence-electron chi connectivity index (χ3n) is 6.16. The average Bonchev–Trinajstić information content (AvgIpc) is 3.51. The van der Waals surface area contributed by atoms with E-state index in [1.165, 1.54) is 0 Å². The molecule has 3 saturated heterocycles. The van der Waals surface area contributed by atoms with Crippen LogP contribution in [0.25, 0.3) is 0 Å². The fourth-order valence-corrected chi connectivity index (χ4v) is 4.93. The molecule has 3 N–H and O–H groups in total. The van der Waals surface area contributed by atoms with Gasteiger partial charge in [-0.2, -0.15) is 0 Å². The first-order valence-corrected chi connectivity index (χ1v) is 8.72. The molecule has 0 saturated carbocycles. The van der Waals surface area contributed by atoms with Crippen LogP contribution >= 0.6 is 0 Å². The van der Waals surface area contributed by atoms with Crippen molar-refractivity contribution in [3.8, 4) is 0 Å². The molecule has 138 valence electrons. The van der Waals surface area contributed by atoms with Gasteiger partial charge in [0.15, 0.2) is 5.72 Å². The Morgan fingerprint density at radius 3 is 2.65 bits per heavy atom. The highest BCUT2D eigenvalue weighted by Gasteiger charge is 2.72. The number of hydrogen-bond donors (Lipinski definition) is 2. The maximum absolute atomic E-state index is 13.3. The molecule has 9 nitrogen and oxygen atoms in total. The van der Waals surface area contributed by atoms with E-state index in [9.17, 15) is 14.4 Å². The number of Topliss-reactive ketones (excluding diaryl/α,β-unsaturated/α-hetero) is 2. The highest BCUT2D eigenvalue weighted by Crippen LogP contribution is 2.56. The number of amides is 1. The summed E-state index contributed by atoms with van der Waals surface area (Å²) in [6.45, 7) is 3.71. The summed E-state index contributed by atoms with van der Waals surface area (Å²) in [6.07, 6.45) is -0.914. The molecule has 1 amide bonds. The number of hydrogen-bond acceptors (Lipinski definition) is 8. The minimum absolute atomic E-state index is 0.0230. The number of primary amides is 1. The molecular formula is C17H20N4O5. The molecule has 9 heteroatoms. The van der Waals surface area contributed by atoms with Crippen LogP contribution in [0.2, 0.25) is 0 Å². The molecule has 1 aliphatic carbocycles. The van der Waals surface area contributed by atoms with Gasteiger partial charge in [-0.15, -0.1) is 0 Å². The number of methoxy groups -OCH3 is 1. The summed E-state index contributed by atoms with van der Waals surface area (Å²) in [5.41, 5.74) is 5.97. The van der Waals surface area contributed by atoms with Crippen molar-refractivity contribution >= 4 is 17.7 Å². The van der Waals surface area contributed by atoms with Gasteiger partial charge in [-0.05, 0) is 6.92 Å². The Labute approximate surface area is 149 Å². The minimum atomic E-state index is -0.914. The lowest BCUT2D eigenvalue weighted by atomic mass is 9.82. The first kappa shape index (κ1) is 15.8. The van der Waals surface area contributed by atoms with Gasteiger partial charge < -0.3 is 30.3 Å². The zero-order chi connectivity index (χ0) is 18.4. The second-order valence-electron chi connectivity index (χ2n) is 7.38. The lowest BCUT2D eigenvalue weighted by molar-refractivity contribution is -0.137. The summed E-state index contributed by atoms with van der Waals surface area (Å²) in [6, 6.07) is 0.172. The Hall–Kier alpha value is -2.39. The Kier molecular flexibility index (Phi) is 2.96. The van der Waals surface area contributed by atoms with Gasteiger partial charge in [-0.25, -0.2) is 4.79 Å². The summed E-state index contributed by atoms with van der Waals surface area (Å²) in [7, 11) is 1.56. The third kappa shape index (κ3) is 1.74. The summed E-state index contributed by atoms with van der Waals surface area (Å²) in [4.78, 5) is 41.5. The van der Waals surface area contributed by atoms with E-state index in [-0.39, 0.29) is 30.3 Å². The topological polar surface area (TPSA) is 124 Å². The zero-order valence-corrected chi connectivity index (χ0v) is 14.6. The predicted molar refractivity (Wildman–Crippen MR) is 87.5 cm³/mol. The maximum Gasteiger partial charge on any atom is 0.404 e. The highest BCUT2D eigenvalue weighted by molar-refractivity contribution is 6.25. The number of rotatable bonds is 4. The monoisotopic (exact) mass is 360 g/mol. The maximum atomic E-state index is 13.3. The number of nitrogens with two attached hydrogens (primary N) is 1. The number of piperazine rings is 1. The molecule has 0 unspecified atom stereocenters. The number of carbonyl (C=O) groups is 3. The largest absolute Gasteiger partial charge is 0.449 e. The SMILES string of the molecule is CO[C@@]12[C@H](COC(N)=O)C3=C(C(=O)C(C)=C(N4CC4)C3=O)N1C[C@@H]1N[C@@H]12. The van der Waals surface area contributed by atoms with Crippen molar-refractivity contribution in [2.45, 2.75) is 24.7 Å². The first-order chi connectivity index (χ1) is 12.4. The number of nitrogens with one attached hydrogen (secondary N) is 1. The number of ether oxygens (including phenoxy) is 2. The van der Waals surface area contributed by atoms with Crippen molar-refractivity contribution in [1.29, 1.82) is 0 Å². The Morgan fingerprint density at radius 1 is 1.31 bits per heavy atom. The van der Waals surface area contributed by atoms with E-state index in [4.69, 9.17) is 15.2 Å².